The summed E-state index contributed by atoms with van der Waals surface area (Å²) in [5.41, 5.74) is 3.36. The van der Waals surface area contributed by atoms with E-state index in [4.69, 9.17) is 16.3 Å². The van der Waals surface area contributed by atoms with Gasteiger partial charge in [0.25, 0.3) is 5.91 Å². The van der Waals surface area contributed by atoms with Crippen molar-refractivity contribution in [3.8, 4) is 5.75 Å². The van der Waals surface area contributed by atoms with Crippen molar-refractivity contribution in [1.82, 2.24) is 4.98 Å². The Labute approximate surface area is 161 Å². The molecule has 1 aromatic heterocycles. The third-order valence-corrected chi connectivity index (χ3v) is 5.25. The van der Waals surface area contributed by atoms with Gasteiger partial charge in [-0.2, -0.15) is 0 Å². The zero-order chi connectivity index (χ0) is 18.5. The molecule has 0 aliphatic carbocycles. The molecular formula is C20H19ClN2O2S. The number of nitrogens with zero attached hydrogens (tertiary/aromatic N) is 1. The van der Waals surface area contributed by atoms with Gasteiger partial charge in [0.1, 0.15) is 5.75 Å². The van der Waals surface area contributed by atoms with Gasteiger partial charge in [-0.05, 0) is 48.7 Å². The number of rotatable bonds is 6. The van der Waals surface area contributed by atoms with Crippen LogP contribution in [0.15, 0.2) is 48.7 Å². The van der Waals surface area contributed by atoms with Crippen LogP contribution in [0.4, 0.5) is 5.13 Å². The summed E-state index contributed by atoms with van der Waals surface area (Å²) in [7, 11) is 0. The third kappa shape index (κ3) is 4.84. The first-order valence-electron chi connectivity index (χ1n) is 8.19. The maximum Gasteiger partial charge on any atom is 0.264 e. The number of halogens is 1. The number of nitrogens with one attached hydrogen (secondary N) is 1. The number of aromatic nitrogens is 1. The van der Waals surface area contributed by atoms with E-state index in [1.54, 1.807) is 6.20 Å². The van der Waals surface area contributed by atoms with Crippen molar-refractivity contribution in [2.45, 2.75) is 20.3 Å². The Balaban J connectivity index is 1.54. The normalized spacial score (nSPS) is 10.6. The van der Waals surface area contributed by atoms with Crippen LogP contribution in [0.3, 0.4) is 0 Å². The molecule has 0 aliphatic rings. The molecule has 2 aromatic carbocycles. The first-order chi connectivity index (χ1) is 12.5. The second-order valence-corrected chi connectivity index (χ2v) is 7.51. The highest BCUT2D eigenvalue weighted by Gasteiger charge is 2.09. The van der Waals surface area contributed by atoms with Crippen LogP contribution in [-0.4, -0.2) is 17.5 Å². The molecule has 0 radical (unpaired) electrons. The molecule has 134 valence electrons. The van der Waals surface area contributed by atoms with E-state index in [1.165, 1.54) is 16.9 Å². The summed E-state index contributed by atoms with van der Waals surface area (Å²) in [5.74, 6) is 0.448. The van der Waals surface area contributed by atoms with Crippen LogP contribution in [0.1, 0.15) is 21.6 Å². The topological polar surface area (TPSA) is 51.2 Å². The lowest BCUT2D eigenvalue weighted by atomic mass is 10.1. The number of benzene rings is 2. The van der Waals surface area contributed by atoms with Crippen LogP contribution in [0.2, 0.25) is 5.02 Å². The van der Waals surface area contributed by atoms with Gasteiger partial charge in [-0.1, -0.05) is 35.9 Å². The minimum atomic E-state index is -0.234. The number of thiazole rings is 1. The SMILES string of the molecule is Cc1ccc(OCC(=O)Nc2ncc(Cc3ccccc3Cl)s2)cc1C. The number of carbonyl (C=O) groups excluding carboxylic acids is 1. The van der Waals surface area contributed by atoms with Crippen molar-refractivity contribution in [3.05, 3.63) is 75.3 Å². The molecule has 0 fully saturated rings. The maximum atomic E-state index is 12.1. The zero-order valence-electron chi connectivity index (χ0n) is 14.6. The van der Waals surface area contributed by atoms with Gasteiger partial charge >= 0.3 is 0 Å². The summed E-state index contributed by atoms with van der Waals surface area (Å²) in [4.78, 5) is 17.4. The molecule has 3 aromatic rings. The number of anilines is 1. The van der Waals surface area contributed by atoms with E-state index in [0.29, 0.717) is 17.3 Å². The van der Waals surface area contributed by atoms with Crippen molar-refractivity contribution in [1.29, 1.82) is 0 Å². The molecule has 0 aliphatic heterocycles. The van der Waals surface area contributed by atoms with Gasteiger partial charge in [-0.15, -0.1) is 11.3 Å². The summed E-state index contributed by atoms with van der Waals surface area (Å²) < 4.78 is 5.54. The van der Waals surface area contributed by atoms with Crippen LogP contribution in [0.5, 0.6) is 5.75 Å². The molecule has 26 heavy (non-hydrogen) atoms. The first kappa shape index (κ1) is 18.4. The molecule has 0 atom stereocenters. The quantitative estimate of drug-likeness (QED) is 0.647. The van der Waals surface area contributed by atoms with Gasteiger partial charge < -0.3 is 4.74 Å². The predicted octanol–water partition coefficient (Wildman–Crippen LogP) is 5.02. The molecule has 1 heterocycles. The fourth-order valence-corrected chi connectivity index (χ4v) is 3.44. The summed E-state index contributed by atoms with van der Waals surface area (Å²) >= 11 is 7.62. The van der Waals surface area contributed by atoms with Gasteiger partial charge in [0.05, 0.1) is 0 Å². The molecule has 0 bridgehead atoms. The van der Waals surface area contributed by atoms with Crippen molar-refractivity contribution in [3.63, 3.8) is 0 Å². The predicted molar refractivity (Wildman–Crippen MR) is 106 cm³/mol. The van der Waals surface area contributed by atoms with Crippen LogP contribution < -0.4 is 10.1 Å². The average Bonchev–Trinajstić information content (AvgIpc) is 3.05. The van der Waals surface area contributed by atoms with E-state index >= 15 is 0 Å². The highest BCUT2D eigenvalue weighted by molar-refractivity contribution is 7.15. The minimum Gasteiger partial charge on any atom is -0.484 e. The Bertz CT molecular complexity index is 924. The standard InChI is InChI=1S/C20H19ClN2O2S/c1-13-7-8-16(9-14(13)2)25-12-19(24)23-20-22-11-17(26-20)10-15-5-3-4-6-18(15)21/h3-9,11H,10,12H2,1-2H3,(H,22,23,24). The van der Waals surface area contributed by atoms with Crippen molar-refractivity contribution in [2.24, 2.45) is 0 Å². The Morgan fingerprint density at radius 1 is 1.19 bits per heavy atom. The Hall–Kier alpha value is -2.37. The monoisotopic (exact) mass is 386 g/mol. The first-order valence-corrected chi connectivity index (χ1v) is 9.39. The second-order valence-electron chi connectivity index (χ2n) is 5.98. The van der Waals surface area contributed by atoms with Gasteiger partial charge in [0.2, 0.25) is 0 Å². The maximum absolute atomic E-state index is 12.1. The molecule has 1 N–H and O–H groups in total. The third-order valence-electron chi connectivity index (χ3n) is 3.97. The highest BCUT2D eigenvalue weighted by Crippen LogP contribution is 2.24. The summed E-state index contributed by atoms with van der Waals surface area (Å²) in [6, 6.07) is 13.5. The minimum absolute atomic E-state index is 0.0536. The van der Waals surface area contributed by atoms with Crippen LogP contribution >= 0.6 is 22.9 Å². The number of aryl methyl sites for hydroxylation is 2. The molecule has 4 nitrogen and oxygen atoms in total. The van der Waals surface area contributed by atoms with Gasteiger partial charge in [-0.25, -0.2) is 4.98 Å². The molecule has 0 saturated heterocycles. The van der Waals surface area contributed by atoms with E-state index in [9.17, 15) is 4.79 Å². The van der Waals surface area contributed by atoms with Gasteiger partial charge in [-0.3, -0.25) is 10.1 Å². The molecule has 0 spiro atoms. The lowest BCUT2D eigenvalue weighted by Crippen LogP contribution is -2.20. The average molecular weight is 387 g/mol. The largest absolute Gasteiger partial charge is 0.484 e. The Kier molecular flexibility index (Phi) is 5.91. The van der Waals surface area contributed by atoms with E-state index in [1.807, 2.05) is 56.3 Å². The number of carbonyl (C=O) groups is 1. The molecule has 0 saturated carbocycles. The number of hydrogen-bond acceptors (Lipinski definition) is 4. The molecule has 1 amide bonds. The van der Waals surface area contributed by atoms with Gasteiger partial charge in [0.15, 0.2) is 11.7 Å². The lowest BCUT2D eigenvalue weighted by Gasteiger charge is -2.07. The number of ether oxygens (including phenoxy) is 1. The van der Waals surface area contributed by atoms with Crippen molar-refractivity contribution >= 4 is 34.0 Å². The van der Waals surface area contributed by atoms with E-state index in [2.05, 4.69) is 10.3 Å². The van der Waals surface area contributed by atoms with E-state index in [-0.39, 0.29) is 12.5 Å². The fourth-order valence-electron chi connectivity index (χ4n) is 2.38. The second kappa shape index (κ2) is 8.34. The molecule has 3 rings (SSSR count). The van der Waals surface area contributed by atoms with E-state index < -0.39 is 0 Å². The summed E-state index contributed by atoms with van der Waals surface area (Å²) in [6.07, 6.45) is 2.44. The van der Waals surface area contributed by atoms with Crippen molar-refractivity contribution in [2.75, 3.05) is 11.9 Å². The highest BCUT2D eigenvalue weighted by atomic mass is 35.5. The summed E-state index contributed by atoms with van der Waals surface area (Å²) in [6.45, 7) is 3.99. The van der Waals surface area contributed by atoms with E-state index in [0.717, 1.165) is 21.0 Å². The smallest absolute Gasteiger partial charge is 0.264 e. The molecule has 6 heteroatoms. The number of hydrogen-bond donors (Lipinski definition) is 1. The molecular weight excluding hydrogens is 368 g/mol. The van der Waals surface area contributed by atoms with Crippen molar-refractivity contribution < 1.29 is 9.53 Å². The van der Waals surface area contributed by atoms with Crippen LogP contribution in [-0.2, 0) is 11.2 Å². The fraction of sp³-hybridized carbons (Fsp3) is 0.200. The van der Waals surface area contributed by atoms with Gasteiger partial charge in [0, 0.05) is 22.5 Å². The zero-order valence-corrected chi connectivity index (χ0v) is 16.2. The lowest BCUT2D eigenvalue weighted by molar-refractivity contribution is -0.118. The Morgan fingerprint density at radius 3 is 2.77 bits per heavy atom. The Morgan fingerprint density at radius 2 is 2.00 bits per heavy atom. The summed E-state index contributed by atoms with van der Waals surface area (Å²) in [5, 5.41) is 4.06. The van der Waals surface area contributed by atoms with Crippen LogP contribution in [0.25, 0.3) is 0 Å². The number of amides is 1. The van der Waals surface area contributed by atoms with Crippen LogP contribution in [0, 0.1) is 13.8 Å². The molecule has 0 unspecified atom stereocenters.